The molecule has 1 fully saturated rings. The average molecular weight is 394 g/mol. The van der Waals surface area contributed by atoms with Crippen molar-refractivity contribution < 1.29 is 9.79 Å². The monoisotopic (exact) mass is 394 g/mol. The number of nitrogens with one attached hydrogen (secondary N) is 2. The predicted molar refractivity (Wildman–Crippen MR) is 108 cm³/mol. The van der Waals surface area contributed by atoms with Crippen molar-refractivity contribution in [2.45, 2.75) is 105 Å². The second-order valence-electron chi connectivity index (χ2n) is 11.1. The van der Waals surface area contributed by atoms with E-state index >= 15 is 0 Å². The van der Waals surface area contributed by atoms with E-state index in [0.29, 0.717) is 6.29 Å². The summed E-state index contributed by atoms with van der Waals surface area (Å²) in [5.41, 5.74) is -1.48. The van der Waals surface area contributed by atoms with E-state index in [1.54, 1.807) is 8.88 Å². The average Bonchev–Trinajstić information content (AvgIpc) is 2.16. The van der Waals surface area contributed by atoms with Crippen LogP contribution >= 0.6 is 15.7 Å². The maximum atomic E-state index is 14.2. The first-order valence-corrected chi connectivity index (χ1v) is 12.4. The van der Waals surface area contributed by atoms with E-state index < -0.39 is 26.8 Å². The third-order valence-corrected chi connectivity index (χ3v) is 12.9. The Morgan fingerprint density at radius 1 is 0.680 bits per heavy atom. The molecule has 0 amide bonds. The molecule has 0 bridgehead atoms. The Labute approximate surface area is 156 Å². The molecule has 0 atom stereocenters. The zero-order valence-electron chi connectivity index (χ0n) is 18.3. The summed E-state index contributed by atoms with van der Waals surface area (Å²) in [4.78, 5) is 28.3. The molecule has 2 N–H and O–H groups in total. The first kappa shape index (κ1) is 23.7. The smallest absolute Gasteiger partial charge is 0.263 e. The molecule has 0 aromatic rings. The lowest BCUT2D eigenvalue weighted by Gasteiger charge is -2.68. The molecule has 1 rings (SSSR count). The van der Waals surface area contributed by atoms with Gasteiger partial charge in [0.25, 0.3) is 7.94 Å². The van der Waals surface area contributed by atoms with Crippen LogP contribution in [0.5, 0.6) is 0 Å². The van der Waals surface area contributed by atoms with Gasteiger partial charge in [-0.15, -0.1) is 0 Å². The van der Waals surface area contributed by atoms with E-state index in [2.05, 4.69) is 31.2 Å². The second kappa shape index (κ2) is 6.60. The normalized spacial score (nSPS) is 30.5. The van der Waals surface area contributed by atoms with Crippen LogP contribution in [0.3, 0.4) is 0 Å². The highest BCUT2D eigenvalue weighted by molar-refractivity contribution is 7.92. The highest BCUT2D eigenvalue weighted by Crippen LogP contribution is 2.92. The first-order valence-electron chi connectivity index (χ1n) is 9.01. The summed E-state index contributed by atoms with van der Waals surface area (Å²) < 4.78 is 3.53. The van der Waals surface area contributed by atoms with Gasteiger partial charge in [0, 0.05) is 11.1 Å². The van der Waals surface area contributed by atoms with Crippen molar-refractivity contribution in [2.24, 2.45) is 0 Å². The zero-order chi connectivity index (χ0) is 20.3. The molecule has 8 heteroatoms. The lowest BCUT2D eigenvalue weighted by atomic mass is 10.1. The maximum Gasteiger partial charge on any atom is 0.263 e. The van der Waals surface area contributed by atoms with Crippen molar-refractivity contribution in [3.8, 4) is 0 Å². The Bertz CT molecular complexity index is 465. The van der Waals surface area contributed by atoms with E-state index in [-0.39, 0.29) is 11.1 Å². The fourth-order valence-corrected chi connectivity index (χ4v) is 13.2. The van der Waals surface area contributed by atoms with Gasteiger partial charge in [0.1, 0.15) is 6.29 Å². The van der Waals surface area contributed by atoms with Crippen LogP contribution in [0.1, 0.15) is 83.1 Å². The SMILES string of the molecule is CC(C)(C)NC[P+]1([O-])N(C(C)(C)C)[P+]([O-])(NC(C)(C)C)N1C(C)(C)C. The molecule has 0 radical (unpaired) electrons. The Hall–Kier alpha value is 0.620. The van der Waals surface area contributed by atoms with Gasteiger partial charge in [-0.25, -0.2) is 0 Å². The minimum Gasteiger partial charge on any atom is -0.644 e. The molecule has 0 aromatic carbocycles. The van der Waals surface area contributed by atoms with Crippen LogP contribution in [0.2, 0.25) is 0 Å². The van der Waals surface area contributed by atoms with Gasteiger partial charge in [-0.3, -0.25) is 5.32 Å². The Balaban J connectivity index is 3.42. The van der Waals surface area contributed by atoms with Gasteiger partial charge in [0.2, 0.25) is 7.79 Å². The molecule has 0 saturated carbocycles. The highest BCUT2D eigenvalue weighted by Gasteiger charge is 2.80. The van der Waals surface area contributed by atoms with E-state index in [9.17, 15) is 9.79 Å². The lowest BCUT2D eigenvalue weighted by Crippen LogP contribution is -2.73. The topological polar surface area (TPSA) is 76.7 Å². The van der Waals surface area contributed by atoms with Crippen LogP contribution in [0, 0.1) is 0 Å². The van der Waals surface area contributed by atoms with Gasteiger partial charge in [-0.2, -0.15) is 5.09 Å². The summed E-state index contributed by atoms with van der Waals surface area (Å²) in [7, 11) is -6.20. The van der Waals surface area contributed by atoms with Crippen molar-refractivity contribution >= 4 is 15.7 Å². The summed E-state index contributed by atoms with van der Waals surface area (Å²) in [6.07, 6.45) is 0.306. The van der Waals surface area contributed by atoms with Crippen LogP contribution in [0.15, 0.2) is 0 Å². The molecule has 150 valence electrons. The number of hydrogen-bond acceptors (Lipinski definition) is 6. The van der Waals surface area contributed by atoms with Gasteiger partial charge in [-0.05, 0) is 92.0 Å². The molecule has 0 unspecified atom stereocenters. The number of hydrogen-bond donors (Lipinski definition) is 2. The fraction of sp³-hybridized carbons (Fsp3) is 1.00. The van der Waals surface area contributed by atoms with Crippen LogP contribution in [0.25, 0.3) is 0 Å². The molecule has 25 heavy (non-hydrogen) atoms. The molecule has 0 aromatic heterocycles. The summed E-state index contributed by atoms with van der Waals surface area (Å²) in [6, 6.07) is 0. The maximum absolute atomic E-state index is 14.2. The van der Waals surface area contributed by atoms with Gasteiger partial charge < -0.3 is 9.79 Å². The summed E-state index contributed by atoms with van der Waals surface area (Å²) in [6.45, 7) is 24.0. The molecule has 1 aliphatic rings. The zero-order valence-corrected chi connectivity index (χ0v) is 20.1. The van der Waals surface area contributed by atoms with Crippen molar-refractivity contribution in [2.75, 3.05) is 6.29 Å². The minimum absolute atomic E-state index is 0.165. The molecule has 1 saturated heterocycles. The number of rotatable bonds is 3. The molecule has 0 aliphatic carbocycles. The van der Waals surface area contributed by atoms with Crippen LogP contribution in [0.4, 0.5) is 0 Å². The van der Waals surface area contributed by atoms with E-state index in [1.807, 2.05) is 62.3 Å². The lowest BCUT2D eigenvalue weighted by molar-refractivity contribution is -0.241. The van der Waals surface area contributed by atoms with Gasteiger partial charge in [0.15, 0.2) is 0 Å². The standard InChI is InChI=1S/C17H40N4O2P2/c1-14(2,3)18-13-24(22)20(16(7,8)9)25(23,19-15(4,5)6)21(24)17(10,11)12/h18H,13H2,1-12H3,(H,19,23). The van der Waals surface area contributed by atoms with E-state index in [4.69, 9.17) is 0 Å². The molecular weight excluding hydrogens is 354 g/mol. The first-order chi connectivity index (χ1) is 10.6. The quantitative estimate of drug-likeness (QED) is 0.717. The van der Waals surface area contributed by atoms with Crippen LogP contribution in [-0.4, -0.2) is 37.3 Å². The molecule has 1 aliphatic heterocycles. The largest absolute Gasteiger partial charge is 0.644 e. The van der Waals surface area contributed by atoms with Crippen molar-refractivity contribution in [1.29, 1.82) is 0 Å². The van der Waals surface area contributed by atoms with Crippen LogP contribution < -0.4 is 20.2 Å². The summed E-state index contributed by atoms with van der Waals surface area (Å²) in [5.74, 6) is 0. The van der Waals surface area contributed by atoms with Gasteiger partial charge >= 0.3 is 0 Å². The van der Waals surface area contributed by atoms with E-state index in [1.165, 1.54) is 0 Å². The van der Waals surface area contributed by atoms with E-state index in [0.717, 1.165) is 0 Å². The van der Waals surface area contributed by atoms with Crippen molar-refractivity contribution in [1.82, 2.24) is 19.3 Å². The molecular formula is C17H40N4O2P2. The molecule has 0 spiro atoms. The molecule has 6 nitrogen and oxygen atoms in total. The predicted octanol–water partition coefficient (Wildman–Crippen LogP) is 3.10. The summed E-state index contributed by atoms with van der Waals surface area (Å²) >= 11 is 0. The van der Waals surface area contributed by atoms with Gasteiger partial charge in [0.05, 0.1) is 11.1 Å². The van der Waals surface area contributed by atoms with Crippen LogP contribution in [-0.2, 0) is 0 Å². The fourth-order valence-electron chi connectivity index (χ4n) is 3.26. The third kappa shape index (κ3) is 5.12. The Morgan fingerprint density at radius 3 is 1.28 bits per heavy atom. The van der Waals surface area contributed by atoms with Crippen molar-refractivity contribution in [3.63, 3.8) is 0 Å². The Morgan fingerprint density at radius 2 is 1.04 bits per heavy atom. The summed E-state index contributed by atoms with van der Waals surface area (Å²) in [5, 5.41) is 6.68. The third-order valence-electron chi connectivity index (χ3n) is 3.60. The highest BCUT2D eigenvalue weighted by atomic mass is 31.3. The minimum atomic E-state index is -3.17. The van der Waals surface area contributed by atoms with Gasteiger partial charge in [-0.1, -0.05) is 0 Å². The Kier molecular flexibility index (Phi) is 6.25. The number of nitrogens with zero attached hydrogens (tertiary/aromatic N) is 2. The molecule has 1 heterocycles. The second-order valence-corrected chi connectivity index (χ2v) is 16.3. The van der Waals surface area contributed by atoms with Crippen molar-refractivity contribution in [3.05, 3.63) is 0 Å².